The third-order valence-electron chi connectivity index (χ3n) is 3.48. The highest BCUT2D eigenvalue weighted by atomic mass is 16.6. The Hall–Kier alpha value is -3.55. The van der Waals surface area contributed by atoms with E-state index in [1.165, 1.54) is 12.1 Å². The second-order valence-corrected chi connectivity index (χ2v) is 5.45. The summed E-state index contributed by atoms with van der Waals surface area (Å²) in [5, 5.41) is 17.3. The van der Waals surface area contributed by atoms with E-state index >= 15 is 0 Å². The van der Waals surface area contributed by atoms with Crippen molar-refractivity contribution >= 4 is 28.9 Å². The number of nitrogens with one attached hydrogen (secondary N) is 2. The molecule has 0 unspecified atom stereocenters. The van der Waals surface area contributed by atoms with Gasteiger partial charge in [-0.05, 0) is 36.8 Å². The molecule has 0 aliphatic heterocycles. The lowest BCUT2D eigenvalue weighted by molar-refractivity contribution is -0.384. The van der Waals surface area contributed by atoms with Crippen LogP contribution in [0.2, 0.25) is 0 Å². The summed E-state index contributed by atoms with van der Waals surface area (Å²) in [6, 6.07) is 14.8. The van der Waals surface area contributed by atoms with E-state index in [-0.39, 0.29) is 24.4 Å². The predicted octanol–water partition coefficient (Wildman–Crippen LogP) is 2.85. The Morgan fingerprint density at radius 2 is 1.62 bits per heavy atom. The molecular formula is C18H18N4O4. The van der Waals surface area contributed by atoms with E-state index in [4.69, 9.17) is 0 Å². The number of hydrogen-bond donors (Lipinski definition) is 2. The molecule has 0 aliphatic rings. The number of carbonyl (C=O) groups is 2. The van der Waals surface area contributed by atoms with Crippen LogP contribution in [0.5, 0.6) is 0 Å². The van der Waals surface area contributed by atoms with Gasteiger partial charge in [-0.3, -0.25) is 19.7 Å². The summed E-state index contributed by atoms with van der Waals surface area (Å²) in [4.78, 5) is 33.7. The van der Waals surface area contributed by atoms with Gasteiger partial charge in [0.1, 0.15) is 0 Å². The first kappa shape index (κ1) is 18.8. The van der Waals surface area contributed by atoms with Crippen LogP contribution < -0.4 is 10.7 Å². The van der Waals surface area contributed by atoms with Crippen molar-refractivity contribution in [1.29, 1.82) is 0 Å². The summed E-state index contributed by atoms with van der Waals surface area (Å²) in [7, 11) is 0. The van der Waals surface area contributed by atoms with Gasteiger partial charge < -0.3 is 5.32 Å². The van der Waals surface area contributed by atoms with Crippen molar-refractivity contribution in [2.45, 2.75) is 19.8 Å². The summed E-state index contributed by atoms with van der Waals surface area (Å²) in [5.74, 6) is -0.656. The standard InChI is InChI=1S/C18H18N4O4/c1-13(14-7-9-16(10-8-14)22(25)26)20-21-18(24)12-11-17(23)19-15-5-3-2-4-6-15/h2-10H,11-12H2,1H3,(H,19,23)(H,21,24)/b20-13+. The highest BCUT2D eigenvalue weighted by Gasteiger charge is 2.08. The Kier molecular flexibility index (Phi) is 6.55. The van der Waals surface area contributed by atoms with E-state index in [1.54, 1.807) is 43.3 Å². The van der Waals surface area contributed by atoms with E-state index in [0.717, 1.165) is 0 Å². The first-order valence-corrected chi connectivity index (χ1v) is 7.88. The molecule has 0 saturated heterocycles. The molecule has 2 amide bonds. The highest BCUT2D eigenvalue weighted by Crippen LogP contribution is 2.12. The topological polar surface area (TPSA) is 114 Å². The number of anilines is 1. The van der Waals surface area contributed by atoms with Crippen molar-refractivity contribution in [2.75, 3.05) is 5.32 Å². The van der Waals surface area contributed by atoms with Crippen molar-refractivity contribution < 1.29 is 14.5 Å². The number of nitrogens with zero attached hydrogens (tertiary/aromatic N) is 2. The monoisotopic (exact) mass is 354 g/mol. The van der Waals surface area contributed by atoms with Crippen LogP contribution in [0.15, 0.2) is 59.7 Å². The van der Waals surface area contributed by atoms with Crippen LogP contribution >= 0.6 is 0 Å². The Bertz CT molecular complexity index is 817. The molecular weight excluding hydrogens is 336 g/mol. The van der Waals surface area contributed by atoms with Crippen LogP contribution in [-0.2, 0) is 9.59 Å². The van der Waals surface area contributed by atoms with Crippen molar-refractivity contribution in [1.82, 2.24) is 5.43 Å². The number of benzene rings is 2. The molecule has 0 bridgehead atoms. The molecule has 8 nitrogen and oxygen atoms in total. The smallest absolute Gasteiger partial charge is 0.269 e. The Morgan fingerprint density at radius 1 is 1.00 bits per heavy atom. The molecule has 0 saturated carbocycles. The van der Waals surface area contributed by atoms with E-state index in [2.05, 4.69) is 15.8 Å². The van der Waals surface area contributed by atoms with E-state index < -0.39 is 10.8 Å². The van der Waals surface area contributed by atoms with Gasteiger partial charge in [0, 0.05) is 30.7 Å². The third-order valence-corrected chi connectivity index (χ3v) is 3.48. The van der Waals surface area contributed by atoms with E-state index in [9.17, 15) is 19.7 Å². The van der Waals surface area contributed by atoms with Crippen LogP contribution in [0.4, 0.5) is 11.4 Å². The fourth-order valence-corrected chi connectivity index (χ4v) is 2.06. The summed E-state index contributed by atoms with van der Waals surface area (Å²) in [6.45, 7) is 1.67. The van der Waals surface area contributed by atoms with E-state index in [1.807, 2.05) is 6.07 Å². The molecule has 2 N–H and O–H groups in total. The maximum Gasteiger partial charge on any atom is 0.269 e. The zero-order valence-electron chi connectivity index (χ0n) is 14.1. The molecule has 0 aromatic heterocycles. The van der Waals surface area contributed by atoms with Gasteiger partial charge >= 0.3 is 0 Å². The molecule has 0 atom stereocenters. The maximum absolute atomic E-state index is 11.8. The number of nitro groups is 1. The lowest BCUT2D eigenvalue weighted by atomic mass is 10.1. The lowest BCUT2D eigenvalue weighted by Crippen LogP contribution is -2.21. The van der Waals surface area contributed by atoms with Gasteiger partial charge in [0.05, 0.1) is 10.6 Å². The average Bonchev–Trinajstić information content (AvgIpc) is 2.65. The van der Waals surface area contributed by atoms with Crippen molar-refractivity contribution in [3.8, 4) is 0 Å². The van der Waals surface area contributed by atoms with E-state index in [0.29, 0.717) is 17.0 Å². The molecule has 2 rings (SSSR count). The molecule has 0 aliphatic carbocycles. The minimum atomic E-state index is -0.488. The maximum atomic E-state index is 11.8. The zero-order valence-corrected chi connectivity index (χ0v) is 14.1. The molecule has 0 radical (unpaired) electrons. The normalized spacial score (nSPS) is 10.9. The van der Waals surface area contributed by atoms with Crippen LogP contribution in [0.1, 0.15) is 25.3 Å². The largest absolute Gasteiger partial charge is 0.326 e. The van der Waals surface area contributed by atoms with Crippen molar-refractivity contribution in [2.24, 2.45) is 5.10 Å². The Labute approximate surface area is 150 Å². The number of hydrogen-bond acceptors (Lipinski definition) is 5. The Balaban J connectivity index is 1.80. The van der Waals surface area contributed by atoms with Gasteiger partial charge in [0.25, 0.3) is 5.69 Å². The first-order chi connectivity index (χ1) is 12.5. The number of amides is 2. The first-order valence-electron chi connectivity index (χ1n) is 7.88. The number of para-hydroxylation sites is 1. The predicted molar refractivity (Wildman–Crippen MR) is 97.8 cm³/mol. The number of rotatable bonds is 7. The van der Waals surface area contributed by atoms with Gasteiger partial charge in [0.2, 0.25) is 11.8 Å². The van der Waals surface area contributed by atoms with Gasteiger partial charge in [-0.25, -0.2) is 5.43 Å². The van der Waals surface area contributed by atoms with Gasteiger partial charge in [0.15, 0.2) is 0 Å². The minimum Gasteiger partial charge on any atom is -0.326 e. The fraction of sp³-hybridized carbons (Fsp3) is 0.167. The quantitative estimate of drug-likeness (QED) is 0.452. The SMILES string of the molecule is C/C(=N\NC(=O)CCC(=O)Nc1ccccc1)c1ccc([N+](=O)[O-])cc1. The summed E-state index contributed by atoms with van der Waals surface area (Å²) in [5.41, 5.74) is 4.18. The number of nitro benzene ring substituents is 1. The second-order valence-electron chi connectivity index (χ2n) is 5.45. The zero-order chi connectivity index (χ0) is 18.9. The van der Waals surface area contributed by atoms with Gasteiger partial charge in [-0.15, -0.1) is 0 Å². The minimum absolute atomic E-state index is 0.00426. The number of carbonyl (C=O) groups excluding carboxylic acids is 2. The summed E-state index contributed by atoms with van der Waals surface area (Å²) in [6.07, 6.45) is 0.0303. The molecule has 0 fully saturated rings. The number of hydrazone groups is 1. The molecule has 134 valence electrons. The van der Waals surface area contributed by atoms with Crippen molar-refractivity contribution in [3.05, 3.63) is 70.3 Å². The van der Waals surface area contributed by atoms with Gasteiger partial charge in [-0.1, -0.05) is 18.2 Å². The van der Waals surface area contributed by atoms with Gasteiger partial charge in [-0.2, -0.15) is 5.10 Å². The number of non-ortho nitro benzene ring substituents is 1. The van der Waals surface area contributed by atoms with Crippen molar-refractivity contribution in [3.63, 3.8) is 0 Å². The molecule has 26 heavy (non-hydrogen) atoms. The van der Waals surface area contributed by atoms with Crippen LogP contribution in [-0.4, -0.2) is 22.4 Å². The summed E-state index contributed by atoms with van der Waals surface area (Å²) < 4.78 is 0. The highest BCUT2D eigenvalue weighted by molar-refractivity contribution is 5.99. The van der Waals surface area contributed by atoms with Crippen LogP contribution in [0, 0.1) is 10.1 Å². The van der Waals surface area contributed by atoms with Crippen LogP contribution in [0.25, 0.3) is 0 Å². The fourth-order valence-electron chi connectivity index (χ4n) is 2.06. The van der Waals surface area contributed by atoms with Crippen LogP contribution in [0.3, 0.4) is 0 Å². The Morgan fingerprint density at radius 3 is 2.23 bits per heavy atom. The molecule has 8 heteroatoms. The molecule has 0 heterocycles. The third kappa shape index (κ3) is 5.82. The second kappa shape index (κ2) is 9.07. The molecule has 2 aromatic carbocycles. The summed E-state index contributed by atoms with van der Waals surface area (Å²) >= 11 is 0. The molecule has 2 aromatic rings. The average molecular weight is 354 g/mol. The lowest BCUT2D eigenvalue weighted by Gasteiger charge is -2.05. The molecule has 0 spiro atoms.